The van der Waals surface area contributed by atoms with E-state index in [1.54, 1.807) is 0 Å². The highest BCUT2D eigenvalue weighted by atomic mass is 35.5. The molecule has 0 saturated heterocycles. The molecular weight excluding hydrogens is 275 g/mol. The van der Waals surface area contributed by atoms with Gasteiger partial charge in [0.1, 0.15) is 0 Å². The van der Waals surface area contributed by atoms with Gasteiger partial charge in [-0.2, -0.15) is 0 Å². The zero-order valence-electron chi connectivity index (χ0n) is 8.84. The highest BCUT2D eigenvalue weighted by Crippen LogP contribution is 2.28. The number of aromatic nitrogens is 1. The predicted molar refractivity (Wildman–Crippen MR) is 59.5 cm³/mol. The maximum atomic E-state index is 12.7. The SMILES string of the molecule is COC(=O)Cc1nc(CCl)c(Cl)cc1C(F)F. The van der Waals surface area contributed by atoms with Gasteiger partial charge in [0.15, 0.2) is 0 Å². The molecular formula is C10H9Cl2F2NO2. The van der Waals surface area contributed by atoms with E-state index in [1.807, 2.05) is 0 Å². The summed E-state index contributed by atoms with van der Waals surface area (Å²) in [6, 6.07) is 1.08. The minimum atomic E-state index is -2.76. The van der Waals surface area contributed by atoms with Crippen LogP contribution < -0.4 is 0 Å². The van der Waals surface area contributed by atoms with Crippen LogP contribution in [0.4, 0.5) is 8.78 Å². The number of hydrogen-bond donors (Lipinski definition) is 0. The number of halogens is 4. The standard InChI is InChI=1S/C10H9Cl2F2NO2/c1-17-9(16)3-7-5(10(13)14)2-6(12)8(4-11)15-7/h2,10H,3-4H2,1H3. The van der Waals surface area contributed by atoms with Crippen molar-refractivity contribution in [2.45, 2.75) is 18.7 Å². The van der Waals surface area contributed by atoms with E-state index in [2.05, 4.69) is 9.72 Å². The Balaban J connectivity index is 3.19. The van der Waals surface area contributed by atoms with E-state index < -0.39 is 12.4 Å². The zero-order valence-corrected chi connectivity index (χ0v) is 10.4. The first kappa shape index (κ1) is 14.1. The molecule has 0 atom stereocenters. The number of alkyl halides is 3. The van der Waals surface area contributed by atoms with Crippen molar-refractivity contribution in [3.63, 3.8) is 0 Å². The number of pyridine rings is 1. The van der Waals surface area contributed by atoms with Gasteiger partial charge in [-0.05, 0) is 6.07 Å². The van der Waals surface area contributed by atoms with Gasteiger partial charge in [-0.1, -0.05) is 11.6 Å². The summed E-state index contributed by atoms with van der Waals surface area (Å²) in [6.07, 6.45) is -3.10. The Morgan fingerprint density at radius 2 is 2.18 bits per heavy atom. The first-order valence-corrected chi connectivity index (χ1v) is 5.50. The van der Waals surface area contributed by atoms with Crippen molar-refractivity contribution in [3.8, 4) is 0 Å². The molecule has 0 bridgehead atoms. The number of nitrogens with zero attached hydrogens (tertiary/aromatic N) is 1. The maximum absolute atomic E-state index is 12.7. The Hall–Kier alpha value is -0.940. The van der Waals surface area contributed by atoms with E-state index >= 15 is 0 Å². The van der Waals surface area contributed by atoms with Gasteiger partial charge in [0, 0.05) is 5.56 Å². The van der Waals surface area contributed by atoms with Crippen molar-refractivity contribution in [1.82, 2.24) is 4.98 Å². The van der Waals surface area contributed by atoms with Crippen molar-refractivity contribution in [1.29, 1.82) is 0 Å². The summed E-state index contributed by atoms with van der Waals surface area (Å²) in [5.74, 6) is -0.668. The highest BCUT2D eigenvalue weighted by Gasteiger charge is 2.19. The van der Waals surface area contributed by atoms with Crippen molar-refractivity contribution in [2.24, 2.45) is 0 Å². The Labute approximate surface area is 107 Å². The van der Waals surface area contributed by atoms with Crippen LogP contribution in [0.3, 0.4) is 0 Å². The zero-order chi connectivity index (χ0) is 13.0. The molecule has 3 nitrogen and oxygen atoms in total. The molecule has 0 fully saturated rings. The molecule has 94 valence electrons. The fraction of sp³-hybridized carbons (Fsp3) is 0.400. The van der Waals surface area contributed by atoms with Gasteiger partial charge in [-0.25, -0.2) is 8.78 Å². The molecule has 0 aliphatic rings. The van der Waals surface area contributed by atoms with E-state index in [-0.39, 0.29) is 34.3 Å². The van der Waals surface area contributed by atoms with Crippen molar-refractivity contribution < 1.29 is 18.3 Å². The third-order valence-corrected chi connectivity index (χ3v) is 2.64. The lowest BCUT2D eigenvalue weighted by Gasteiger charge is -2.10. The fourth-order valence-corrected chi connectivity index (χ4v) is 1.72. The second-order valence-electron chi connectivity index (χ2n) is 3.14. The van der Waals surface area contributed by atoms with Crippen LogP contribution in [0.1, 0.15) is 23.4 Å². The summed E-state index contributed by atoms with van der Waals surface area (Å²) in [7, 11) is 1.17. The van der Waals surface area contributed by atoms with E-state index in [4.69, 9.17) is 23.2 Å². The van der Waals surface area contributed by atoms with Gasteiger partial charge in [0.25, 0.3) is 6.43 Å². The Morgan fingerprint density at radius 3 is 2.65 bits per heavy atom. The van der Waals surface area contributed by atoms with Crippen LogP contribution in [0.5, 0.6) is 0 Å². The predicted octanol–water partition coefficient (Wildman–Crippen LogP) is 3.13. The molecule has 0 saturated carbocycles. The van der Waals surface area contributed by atoms with Crippen LogP contribution in [0.2, 0.25) is 5.02 Å². The van der Waals surface area contributed by atoms with Crippen LogP contribution in [0.15, 0.2) is 6.07 Å². The van der Waals surface area contributed by atoms with Crippen LogP contribution >= 0.6 is 23.2 Å². The quantitative estimate of drug-likeness (QED) is 0.630. The molecule has 0 N–H and O–H groups in total. The number of methoxy groups -OCH3 is 1. The second-order valence-corrected chi connectivity index (χ2v) is 3.81. The molecule has 1 heterocycles. The fourth-order valence-electron chi connectivity index (χ4n) is 1.22. The molecule has 0 unspecified atom stereocenters. The molecule has 1 aromatic rings. The Bertz CT molecular complexity index is 427. The van der Waals surface area contributed by atoms with Gasteiger partial charge in [-0.15, -0.1) is 11.6 Å². The van der Waals surface area contributed by atoms with Crippen molar-refractivity contribution >= 4 is 29.2 Å². The lowest BCUT2D eigenvalue weighted by molar-refractivity contribution is -0.139. The lowest BCUT2D eigenvalue weighted by atomic mass is 10.1. The molecule has 0 radical (unpaired) electrons. The monoisotopic (exact) mass is 283 g/mol. The summed E-state index contributed by atoms with van der Waals surface area (Å²) in [4.78, 5) is 14.9. The van der Waals surface area contributed by atoms with Crippen molar-refractivity contribution in [2.75, 3.05) is 7.11 Å². The highest BCUT2D eigenvalue weighted by molar-refractivity contribution is 6.32. The minimum absolute atomic E-state index is 0.0173. The van der Waals surface area contributed by atoms with E-state index in [9.17, 15) is 13.6 Å². The second kappa shape index (κ2) is 6.12. The molecule has 0 aliphatic heterocycles. The molecule has 0 amide bonds. The van der Waals surface area contributed by atoms with E-state index in [0.29, 0.717) is 0 Å². The summed E-state index contributed by atoms with van der Waals surface area (Å²) >= 11 is 11.3. The third-order valence-electron chi connectivity index (χ3n) is 2.06. The summed E-state index contributed by atoms with van der Waals surface area (Å²) in [5.41, 5.74) is -0.183. The summed E-state index contributed by atoms with van der Waals surface area (Å²) in [5, 5.41) is 0.0592. The number of carbonyl (C=O) groups excluding carboxylic acids is 1. The summed E-state index contributed by atoms with van der Waals surface area (Å²) in [6.45, 7) is 0. The molecule has 17 heavy (non-hydrogen) atoms. The van der Waals surface area contributed by atoms with Crippen LogP contribution in [0, 0.1) is 0 Å². The minimum Gasteiger partial charge on any atom is -0.469 e. The largest absolute Gasteiger partial charge is 0.469 e. The van der Waals surface area contributed by atoms with Gasteiger partial charge in [0.2, 0.25) is 0 Å². The number of esters is 1. The number of rotatable bonds is 4. The van der Waals surface area contributed by atoms with Gasteiger partial charge < -0.3 is 4.74 Å². The van der Waals surface area contributed by atoms with Crippen LogP contribution in [-0.2, 0) is 21.8 Å². The topological polar surface area (TPSA) is 39.2 Å². The average Bonchev–Trinajstić information content (AvgIpc) is 2.30. The lowest BCUT2D eigenvalue weighted by Crippen LogP contribution is -2.10. The summed E-state index contributed by atoms with van der Waals surface area (Å²) < 4.78 is 29.8. The van der Waals surface area contributed by atoms with Gasteiger partial charge in [-0.3, -0.25) is 9.78 Å². The Kier molecular flexibility index (Phi) is 5.08. The first-order valence-electron chi connectivity index (χ1n) is 4.58. The molecule has 0 spiro atoms. The van der Waals surface area contributed by atoms with Gasteiger partial charge >= 0.3 is 5.97 Å². The normalized spacial score (nSPS) is 10.7. The maximum Gasteiger partial charge on any atom is 0.311 e. The van der Waals surface area contributed by atoms with Gasteiger partial charge in [0.05, 0.1) is 35.8 Å². The molecule has 0 aromatic carbocycles. The smallest absolute Gasteiger partial charge is 0.311 e. The van der Waals surface area contributed by atoms with Crippen LogP contribution in [-0.4, -0.2) is 18.1 Å². The number of hydrogen-bond acceptors (Lipinski definition) is 3. The van der Waals surface area contributed by atoms with Crippen molar-refractivity contribution in [3.05, 3.63) is 28.0 Å². The first-order chi connectivity index (χ1) is 7.99. The Morgan fingerprint density at radius 1 is 1.53 bits per heavy atom. The number of carbonyl (C=O) groups is 1. The number of ether oxygens (including phenoxy) is 1. The molecule has 1 aromatic heterocycles. The van der Waals surface area contributed by atoms with E-state index in [0.717, 1.165) is 6.07 Å². The average molecular weight is 284 g/mol. The molecule has 0 aliphatic carbocycles. The molecule has 1 rings (SSSR count). The third kappa shape index (κ3) is 3.51. The molecule has 7 heteroatoms. The van der Waals surface area contributed by atoms with E-state index in [1.165, 1.54) is 7.11 Å². The van der Waals surface area contributed by atoms with Crippen LogP contribution in [0.25, 0.3) is 0 Å².